The Morgan fingerprint density at radius 1 is 1.00 bits per heavy atom. The molecule has 0 atom stereocenters. The highest BCUT2D eigenvalue weighted by atomic mass is 19.1. The minimum Gasteiger partial charge on any atom is -0.465 e. The monoisotopic (exact) mass is 615 g/mol. The summed E-state index contributed by atoms with van der Waals surface area (Å²) in [7, 11) is 1.19. The van der Waals surface area contributed by atoms with Crippen LogP contribution in [-0.2, 0) is 24.3 Å². The van der Waals surface area contributed by atoms with E-state index in [4.69, 9.17) is 14.7 Å². The summed E-state index contributed by atoms with van der Waals surface area (Å²) in [6, 6.07) is 14.4. The molecule has 0 saturated heterocycles. The normalized spacial score (nSPS) is 13.4. The van der Waals surface area contributed by atoms with E-state index < -0.39 is 35.5 Å². The summed E-state index contributed by atoms with van der Waals surface area (Å²) in [5, 5.41) is 8.91. The molecule has 3 aromatic carbocycles. The van der Waals surface area contributed by atoms with Crippen LogP contribution in [0.5, 0.6) is 6.01 Å². The fourth-order valence-electron chi connectivity index (χ4n) is 5.09. The van der Waals surface area contributed by atoms with Gasteiger partial charge in [0.05, 0.1) is 42.2 Å². The molecule has 45 heavy (non-hydrogen) atoms. The summed E-state index contributed by atoms with van der Waals surface area (Å²) in [4.78, 5) is 24.9. The lowest BCUT2D eigenvalue weighted by Crippen LogP contribution is -2.16. The van der Waals surface area contributed by atoms with Gasteiger partial charge in [-0.3, -0.25) is 4.39 Å². The van der Waals surface area contributed by atoms with Crippen molar-refractivity contribution in [2.45, 2.75) is 32.4 Å². The van der Waals surface area contributed by atoms with Gasteiger partial charge in [0.15, 0.2) is 5.82 Å². The van der Waals surface area contributed by atoms with Gasteiger partial charge in [0.2, 0.25) is 0 Å². The van der Waals surface area contributed by atoms with E-state index in [1.54, 1.807) is 22.8 Å². The van der Waals surface area contributed by atoms with Crippen molar-refractivity contribution in [3.63, 3.8) is 0 Å². The molecular formula is C33H25F4N5O3. The zero-order valence-electron chi connectivity index (χ0n) is 24.0. The molecule has 0 amide bonds. The minimum absolute atomic E-state index is 0.00116. The first-order valence-corrected chi connectivity index (χ1v) is 14.0. The number of halogens is 4. The number of carbonyl (C=O) groups excluding carboxylic acids is 1. The Labute approximate surface area is 254 Å². The second kappa shape index (κ2) is 12.0. The number of esters is 1. The largest absolute Gasteiger partial charge is 0.465 e. The van der Waals surface area contributed by atoms with E-state index in [-0.39, 0.29) is 53.4 Å². The van der Waals surface area contributed by atoms with E-state index in [1.807, 2.05) is 6.07 Å². The molecule has 6 rings (SSSR count). The SMILES string of the molecule is COC(=O)c1cc(F)c2nc(Cc3ccc(-c4ccnc(OCc5ccc(C#N)cc5F)n4)cc3F)n(CC3(CF)CC3)c2c1. The number of benzene rings is 3. The highest BCUT2D eigenvalue weighted by Gasteiger charge is 2.44. The Bertz CT molecular complexity index is 1980. The first-order valence-electron chi connectivity index (χ1n) is 14.0. The zero-order chi connectivity index (χ0) is 31.7. The van der Waals surface area contributed by atoms with Gasteiger partial charge in [-0.1, -0.05) is 18.2 Å². The van der Waals surface area contributed by atoms with Crippen molar-refractivity contribution >= 4 is 17.0 Å². The van der Waals surface area contributed by atoms with Crippen molar-refractivity contribution < 1.29 is 31.8 Å². The van der Waals surface area contributed by atoms with Crippen LogP contribution in [0, 0.1) is 34.2 Å². The lowest BCUT2D eigenvalue weighted by molar-refractivity contribution is 0.0600. The summed E-state index contributed by atoms with van der Waals surface area (Å²) in [6.45, 7) is -0.544. The van der Waals surface area contributed by atoms with Gasteiger partial charge in [-0.05, 0) is 54.8 Å². The molecule has 0 radical (unpaired) electrons. The number of hydrogen-bond donors (Lipinski definition) is 0. The molecule has 1 fully saturated rings. The molecule has 0 unspecified atom stereocenters. The molecule has 1 aliphatic carbocycles. The number of alkyl halides is 1. The van der Waals surface area contributed by atoms with Gasteiger partial charge in [0.25, 0.3) is 0 Å². The van der Waals surface area contributed by atoms with Crippen LogP contribution in [-0.4, -0.2) is 39.3 Å². The average Bonchev–Trinajstić information content (AvgIpc) is 3.75. The van der Waals surface area contributed by atoms with Crippen LogP contribution in [0.15, 0.2) is 60.8 Å². The van der Waals surface area contributed by atoms with Gasteiger partial charge >= 0.3 is 12.0 Å². The van der Waals surface area contributed by atoms with E-state index in [1.165, 1.54) is 37.6 Å². The Morgan fingerprint density at radius 3 is 2.47 bits per heavy atom. The van der Waals surface area contributed by atoms with Crippen molar-refractivity contribution in [2.75, 3.05) is 13.8 Å². The molecule has 0 bridgehead atoms. The van der Waals surface area contributed by atoms with Crippen LogP contribution in [0.2, 0.25) is 0 Å². The van der Waals surface area contributed by atoms with Crippen molar-refractivity contribution in [1.82, 2.24) is 19.5 Å². The molecule has 0 N–H and O–H groups in total. The predicted molar refractivity (Wildman–Crippen MR) is 154 cm³/mol. The topological polar surface area (TPSA) is 103 Å². The Morgan fingerprint density at radius 2 is 1.78 bits per heavy atom. The molecular weight excluding hydrogens is 590 g/mol. The number of carbonyl (C=O) groups is 1. The standard InChI is InChI=1S/C33H25F4N5O3/c1-44-31(43)23-12-26(37)30-28(13-23)42(18-33(17-34)7-8-33)29(41-30)14-20-4-5-21(11-25(20)36)27-6-9-39-32(40-27)45-16-22-3-2-19(15-38)10-24(22)35/h2-6,9-13H,7-8,14,16-18H2,1H3. The van der Waals surface area contributed by atoms with Crippen LogP contribution in [0.25, 0.3) is 22.3 Å². The first-order chi connectivity index (χ1) is 21.7. The van der Waals surface area contributed by atoms with Crippen LogP contribution >= 0.6 is 0 Å². The summed E-state index contributed by atoms with van der Waals surface area (Å²) in [6.07, 6.45) is 2.71. The number of nitrogens with zero attached hydrogens (tertiary/aromatic N) is 5. The van der Waals surface area contributed by atoms with Gasteiger partial charge in [-0.25, -0.2) is 27.9 Å². The lowest BCUT2D eigenvalue weighted by atomic mass is 10.0. The minimum atomic E-state index is -0.738. The molecule has 12 heteroatoms. The van der Waals surface area contributed by atoms with E-state index in [0.717, 1.165) is 12.1 Å². The molecule has 8 nitrogen and oxygen atoms in total. The summed E-state index contributed by atoms with van der Waals surface area (Å²) < 4.78 is 70.7. The third-order valence-electron chi connectivity index (χ3n) is 7.91. The molecule has 1 aliphatic rings. The van der Waals surface area contributed by atoms with Gasteiger partial charge in [0, 0.05) is 35.7 Å². The van der Waals surface area contributed by atoms with Crippen LogP contribution < -0.4 is 4.74 Å². The van der Waals surface area contributed by atoms with Crippen molar-refractivity contribution in [3.05, 3.63) is 106 Å². The summed E-state index contributed by atoms with van der Waals surface area (Å²) in [5.41, 5.74) is 1.12. The van der Waals surface area contributed by atoms with Gasteiger partial charge < -0.3 is 14.0 Å². The highest BCUT2D eigenvalue weighted by molar-refractivity contribution is 5.94. The molecule has 228 valence electrons. The quantitative estimate of drug-likeness (QED) is 0.131. The lowest BCUT2D eigenvalue weighted by Gasteiger charge is -2.16. The van der Waals surface area contributed by atoms with E-state index in [2.05, 4.69) is 15.0 Å². The fourth-order valence-corrected chi connectivity index (χ4v) is 5.09. The van der Waals surface area contributed by atoms with Crippen LogP contribution in [0.1, 0.15) is 45.7 Å². The molecule has 0 spiro atoms. The van der Waals surface area contributed by atoms with Gasteiger partial charge in [-0.2, -0.15) is 10.2 Å². The van der Waals surface area contributed by atoms with Crippen molar-refractivity contribution in [3.8, 4) is 23.3 Å². The highest BCUT2D eigenvalue weighted by Crippen LogP contribution is 2.48. The number of nitriles is 1. The van der Waals surface area contributed by atoms with Gasteiger partial charge in [0.1, 0.15) is 29.6 Å². The zero-order valence-corrected chi connectivity index (χ0v) is 24.0. The maximum atomic E-state index is 15.5. The van der Waals surface area contributed by atoms with E-state index in [9.17, 15) is 13.6 Å². The number of imidazole rings is 1. The number of rotatable bonds is 10. The third-order valence-corrected chi connectivity index (χ3v) is 7.91. The maximum Gasteiger partial charge on any atom is 0.338 e. The number of methoxy groups -OCH3 is 1. The first kappa shape index (κ1) is 29.7. The maximum absolute atomic E-state index is 15.5. The van der Waals surface area contributed by atoms with E-state index in [0.29, 0.717) is 35.4 Å². The van der Waals surface area contributed by atoms with Crippen LogP contribution in [0.3, 0.4) is 0 Å². The average molecular weight is 616 g/mol. The smallest absolute Gasteiger partial charge is 0.338 e. The number of ether oxygens (including phenoxy) is 2. The molecule has 1 saturated carbocycles. The summed E-state index contributed by atoms with van der Waals surface area (Å²) >= 11 is 0. The molecule has 0 aliphatic heterocycles. The Balaban J connectivity index is 1.26. The second-order valence-corrected chi connectivity index (χ2v) is 11.0. The van der Waals surface area contributed by atoms with Gasteiger partial charge in [-0.15, -0.1) is 0 Å². The van der Waals surface area contributed by atoms with Crippen molar-refractivity contribution in [1.29, 1.82) is 5.26 Å². The number of fused-ring (bicyclic) bond motifs is 1. The molecule has 5 aromatic rings. The molecule has 2 heterocycles. The fraction of sp³-hybridized carbons (Fsp3) is 0.242. The third kappa shape index (κ3) is 6.06. The predicted octanol–water partition coefficient (Wildman–Crippen LogP) is 6.49. The number of aromatic nitrogens is 4. The Hall–Kier alpha value is -5.31. The van der Waals surface area contributed by atoms with Crippen LogP contribution in [0.4, 0.5) is 17.6 Å². The van der Waals surface area contributed by atoms with E-state index >= 15 is 8.78 Å². The Kier molecular flexibility index (Phi) is 7.93. The molecule has 2 aromatic heterocycles. The van der Waals surface area contributed by atoms with Crippen molar-refractivity contribution in [2.24, 2.45) is 5.41 Å². The number of hydrogen-bond acceptors (Lipinski definition) is 7. The summed E-state index contributed by atoms with van der Waals surface area (Å²) in [5.74, 6) is -2.31. The second-order valence-electron chi connectivity index (χ2n) is 11.0.